The summed E-state index contributed by atoms with van der Waals surface area (Å²) in [6, 6.07) is 6.14. The van der Waals surface area contributed by atoms with Crippen LogP contribution in [0.3, 0.4) is 0 Å². The van der Waals surface area contributed by atoms with Crippen LogP contribution in [0.25, 0.3) is 0 Å². The van der Waals surface area contributed by atoms with E-state index in [9.17, 15) is 17.6 Å². The van der Waals surface area contributed by atoms with Gasteiger partial charge in [-0.15, -0.1) is 0 Å². The highest BCUT2D eigenvalue weighted by Gasteiger charge is 2.15. The molecule has 0 aliphatic rings. The summed E-state index contributed by atoms with van der Waals surface area (Å²) < 4.78 is 44.1. The summed E-state index contributed by atoms with van der Waals surface area (Å²) in [4.78, 5) is 11.4. The molecule has 0 atom stereocenters. The molecule has 0 radical (unpaired) electrons. The molecule has 6 nitrogen and oxygen atoms in total. The molecule has 0 bridgehead atoms. The molecule has 0 saturated heterocycles. The van der Waals surface area contributed by atoms with Crippen LogP contribution >= 0.6 is 11.6 Å². The van der Waals surface area contributed by atoms with Crippen molar-refractivity contribution in [3.8, 4) is 0 Å². The van der Waals surface area contributed by atoms with Crippen LogP contribution in [-0.2, 0) is 10.0 Å². The zero-order valence-electron chi connectivity index (χ0n) is 11.2. The van der Waals surface area contributed by atoms with Gasteiger partial charge in [0.2, 0.25) is 10.0 Å². The number of hydrogen-bond acceptors (Lipinski definition) is 4. The molecule has 1 aromatic heterocycles. The van der Waals surface area contributed by atoms with Crippen molar-refractivity contribution in [3.63, 3.8) is 0 Å². The van der Waals surface area contributed by atoms with E-state index in [0.29, 0.717) is 0 Å². The molecule has 0 unspecified atom stereocenters. The van der Waals surface area contributed by atoms with Gasteiger partial charge in [-0.25, -0.2) is 17.5 Å². The summed E-state index contributed by atoms with van der Waals surface area (Å²) in [7, 11) is -3.83. The molecular formula is C13H12ClFN2O4S. The number of hydrogen-bond donors (Lipinski definition) is 2. The lowest BCUT2D eigenvalue weighted by Crippen LogP contribution is -2.34. The molecule has 9 heteroatoms. The van der Waals surface area contributed by atoms with E-state index in [1.165, 1.54) is 12.3 Å². The molecule has 0 aliphatic heterocycles. The number of sulfonamides is 1. The van der Waals surface area contributed by atoms with E-state index in [4.69, 9.17) is 16.0 Å². The van der Waals surface area contributed by atoms with Crippen molar-refractivity contribution < 1.29 is 22.0 Å². The summed E-state index contributed by atoms with van der Waals surface area (Å²) in [5.41, 5.74) is 0. The quantitative estimate of drug-likeness (QED) is 0.780. The second kappa shape index (κ2) is 6.91. The van der Waals surface area contributed by atoms with E-state index in [1.807, 2.05) is 0 Å². The number of amides is 1. The zero-order valence-corrected chi connectivity index (χ0v) is 12.7. The Morgan fingerprint density at radius 2 is 2.05 bits per heavy atom. The maximum Gasteiger partial charge on any atom is 0.287 e. The fraction of sp³-hybridized carbons (Fsp3) is 0.154. The summed E-state index contributed by atoms with van der Waals surface area (Å²) >= 11 is 5.55. The molecule has 0 fully saturated rings. The molecule has 1 aromatic carbocycles. The van der Waals surface area contributed by atoms with Crippen LogP contribution in [-0.4, -0.2) is 27.4 Å². The maximum atomic E-state index is 13.0. The third-order valence-electron chi connectivity index (χ3n) is 2.65. The van der Waals surface area contributed by atoms with Gasteiger partial charge < -0.3 is 9.73 Å². The van der Waals surface area contributed by atoms with Gasteiger partial charge in [0, 0.05) is 13.1 Å². The molecule has 0 spiro atoms. The van der Waals surface area contributed by atoms with E-state index in [0.717, 1.165) is 18.2 Å². The zero-order chi connectivity index (χ0) is 16.2. The average molecular weight is 347 g/mol. The normalized spacial score (nSPS) is 11.4. The molecule has 1 heterocycles. The van der Waals surface area contributed by atoms with Gasteiger partial charge in [-0.3, -0.25) is 4.79 Å². The van der Waals surface area contributed by atoms with Crippen LogP contribution in [0.15, 0.2) is 45.9 Å². The predicted molar refractivity (Wildman–Crippen MR) is 77.6 cm³/mol. The monoisotopic (exact) mass is 346 g/mol. The SMILES string of the molecule is O=C(NCCNS(=O)(=O)c1ccc(F)c(Cl)c1)c1ccco1. The molecule has 0 aliphatic carbocycles. The number of nitrogens with one attached hydrogen (secondary N) is 2. The topological polar surface area (TPSA) is 88.4 Å². The van der Waals surface area contributed by atoms with Gasteiger partial charge in [-0.1, -0.05) is 11.6 Å². The van der Waals surface area contributed by atoms with Gasteiger partial charge in [0.1, 0.15) is 5.82 Å². The largest absolute Gasteiger partial charge is 0.459 e. The first kappa shape index (κ1) is 16.5. The van der Waals surface area contributed by atoms with E-state index in [-0.39, 0.29) is 28.8 Å². The van der Waals surface area contributed by atoms with E-state index < -0.39 is 21.7 Å². The third kappa shape index (κ3) is 4.06. The Labute approximate surface area is 131 Å². The number of carbonyl (C=O) groups excluding carboxylic acids is 1. The second-order valence-corrected chi connectivity index (χ2v) is 6.38. The van der Waals surface area contributed by atoms with Crippen LogP contribution < -0.4 is 10.0 Å². The Kier molecular flexibility index (Phi) is 5.17. The number of rotatable bonds is 6. The van der Waals surface area contributed by atoms with E-state index >= 15 is 0 Å². The van der Waals surface area contributed by atoms with Gasteiger partial charge in [-0.05, 0) is 30.3 Å². The van der Waals surface area contributed by atoms with Gasteiger partial charge in [0.25, 0.3) is 5.91 Å². The summed E-state index contributed by atoms with van der Waals surface area (Å²) in [5, 5.41) is 2.20. The lowest BCUT2D eigenvalue weighted by Gasteiger charge is -2.08. The van der Waals surface area contributed by atoms with Crippen LogP contribution in [0.5, 0.6) is 0 Å². The van der Waals surface area contributed by atoms with Crippen molar-refractivity contribution in [2.45, 2.75) is 4.90 Å². The van der Waals surface area contributed by atoms with Gasteiger partial charge >= 0.3 is 0 Å². The Morgan fingerprint density at radius 3 is 2.68 bits per heavy atom. The first-order chi connectivity index (χ1) is 10.4. The second-order valence-electron chi connectivity index (χ2n) is 4.21. The minimum absolute atomic E-state index is 0.0379. The smallest absolute Gasteiger partial charge is 0.287 e. The fourth-order valence-electron chi connectivity index (χ4n) is 1.58. The third-order valence-corrected chi connectivity index (χ3v) is 4.40. The Balaban J connectivity index is 1.87. The predicted octanol–water partition coefficient (Wildman–Crippen LogP) is 1.78. The summed E-state index contributed by atoms with van der Waals surface area (Å²) in [5.74, 6) is -1.02. The number of carbonyl (C=O) groups is 1. The highest BCUT2D eigenvalue weighted by Crippen LogP contribution is 2.19. The minimum atomic E-state index is -3.83. The van der Waals surface area contributed by atoms with Gasteiger partial charge in [-0.2, -0.15) is 0 Å². The van der Waals surface area contributed by atoms with Crippen molar-refractivity contribution in [2.75, 3.05) is 13.1 Å². The first-order valence-corrected chi connectivity index (χ1v) is 8.03. The van der Waals surface area contributed by atoms with E-state index in [1.54, 1.807) is 6.07 Å². The van der Waals surface area contributed by atoms with Gasteiger partial charge in [0.15, 0.2) is 5.76 Å². The van der Waals surface area contributed by atoms with Crippen molar-refractivity contribution in [3.05, 3.63) is 53.2 Å². The fourth-order valence-corrected chi connectivity index (χ4v) is 2.89. The van der Waals surface area contributed by atoms with Crippen molar-refractivity contribution in [1.82, 2.24) is 10.0 Å². The molecule has 2 N–H and O–H groups in total. The molecule has 0 saturated carbocycles. The molecule has 2 rings (SSSR count). The molecule has 22 heavy (non-hydrogen) atoms. The number of benzene rings is 1. The molecule has 118 valence electrons. The highest BCUT2D eigenvalue weighted by atomic mass is 35.5. The Hall–Kier alpha value is -1.90. The van der Waals surface area contributed by atoms with E-state index in [2.05, 4.69) is 10.0 Å². The molecular weight excluding hydrogens is 335 g/mol. The van der Waals surface area contributed by atoms with Crippen molar-refractivity contribution in [2.24, 2.45) is 0 Å². The Morgan fingerprint density at radius 1 is 1.27 bits per heavy atom. The van der Waals surface area contributed by atoms with Crippen LogP contribution in [0, 0.1) is 5.82 Å². The lowest BCUT2D eigenvalue weighted by molar-refractivity contribution is 0.0926. The average Bonchev–Trinajstić information content (AvgIpc) is 3.00. The van der Waals surface area contributed by atoms with Crippen LogP contribution in [0.1, 0.15) is 10.6 Å². The Bertz CT molecular complexity index is 762. The highest BCUT2D eigenvalue weighted by molar-refractivity contribution is 7.89. The first-order valence-electron chi connectivity index (χ1n) is 6.16. The number of halogens is 2. The molecule has 1 amide bonds. The summed E-state index contributed by atoms with van der Waals surface area (Å²) in [6.07, 6.45) is 1.36. The summed E-state index contributed by atoms with van der Waals surface area (Å²) in [6.45, 7) is 0.0253. The molecule has 2 aromatic rings. The van der Waals surface area contributed by atoms with Crippen molar-refractivity contribution >= 4 is 27.5 Å². The standard InChI is InChI=1S/C13H12ClFN2O4S/c14-10-8-9(3-4-11(10)15)22(19,20)17-6-5-16-13(18)12-2-1-7-21-12/h1-4,7-8,17H,5-6H2,(H,16,18). The maximum absolute atomic E-state index is 13.0. The number of furan rings is 1. The van der Waals surface area contributed by atoms with Crippen molar-refractivity contribution in [1.29, 1.82) is 0 Å². The van der Waals surface area contributed by atoms with Gasteiger partial charge in [0.05, 0.1) is 16.2 Å². The van der Waals surface area contributed by atoms with Crippen LogP contribution in [0.2, 0.25) is 5.02 Å². The lowest BCUT2D eigenvalue weighted by atomic mass is 10.3. The van der Waals surface area contributed by atoms with Crippen LogP contribution in [0.4, 0.5) is 4.39 Å². The minimum Gasteiger partial charge on any atom is -0.459 e.